The number of fused-ring (bicyclic) bond motifs is 1. The Kier molecular flexibility index (Phi) is 4.14. The highest BCUT2D eigenvalue weighted by Gasteiger charge is 2.27. The van der Waals surface area contributed by atoms with Crippen molar-refractivity contribution in [1.29, 1.82) is 0 Å². The molecule has 0 radical (unpaired) electrons. The molecular formula is C14H15F2N7O2. The van der Waals surface area contributed by atoms with Gasteiger partial charge in [0, 0.05) is 18.4 Å². The second-order valence-corrected chi connectivity index (χ2v) is 5.49. The highest BCUT2D eigenvalue weighted by atomic mass is 19.1. The molecule has 0 unspecified atom stereocenters. The second-order valence-electron chi connectivity index (χ2n) is 5.49. The van der Waals surface area contributed by atoms with E-state index in [2.05, 4.69) is 30.6 Å². The maximum Gasteiger partial charge on any atom is 0.246 e. The first-order chi connectivity index (χ1) is 12.3. The predicted molar refractivity (Wildman–Crippen MR) is 82.7 cm³/mol. The van der Waals surface area contributed by atoms with Gasteiger partial charge >= 0.3 is 0 Å². The van der Waals surface area contributed by atoms with Crippen molar-refractivity contribution >= 4 is 11.6 Å². The van der Waals surface area contributed by atoms with E-state index in [9.17, 15) is 8.78 Å². The Labute approximate surface area is 140 Å². The van der Waals surface area contributed by atoms with Crippen LogP contribution in [0.1, 0.15) is 6.42 Å². The quantitative estimate of drug-likeness (QED) is 0.715. The Bertz CT molecular complexity index is 854. The van der Waals surface area contributed by atoms with Crippen molar-refractivity contribution in [3.05, 3.63) is 18.6 Å². The van der Waals surface area contributed by atoms with E-state index in [1.165, 1.54) is 16.9 Å². The number of halogens is 2. The number of nitrogens with one attached hydrogen (secondary N) is 2. The zero-order valence-electron chi connectivity index (χ0n) is 13.0. The lowest BCUT2D eigenvalue weighted by Gasteiger charge is -2.26. The van der Waals surface area contributed by atoms with Gasteiger partial charge in [0.25, 0.3) is 0 Å². The minimum Gasteiger partial charge on any atom is -0.444 e. The van der Waals surface area contributed by atoms with Gasteiger partial charge in [-0.25, -0.2) is 13.8 Å². The third-order valence-corrected chi connectivity index (χ3v) is 3.90. The summed E-state index contributed by atoms with van der Waals surface area (Å²) >= 11 is 0. The standard InChI is InChI=1S/C14H15F2N7O2/c15-7-25-13-12(8-3-18-19-4-8)17-5-11-21-14(22-23(11)13)20-10-1-2-24-6-9(10)16/h3-5,9-10H,1-2,6-7H2,(H,18,19)(H,20,22)/t9-,10+/m1/s1. The molecule has 0 aromatic carbocycles. The molecule has 0 spiro atoms. The average molecular weight is 351 g/mol. The van der Waals surface area contributed by atoms with Crippen molar-refractivity contribution in [2.75, 3.05) is 25.4 Å². The van der Waals surface area contributed by atoms with Crippen molar-refractivity contribution in [2.45, 2.75) is 18.6 Å². The van der Waals surface area contributed by atoms with E-state index in [-0.39, 0.29) is 18.4 Å². The molecular weight excluding hydrogens is 336 g/mol. The molecule has 2 N–H and O–H groups in total. The number of rotatable bonds is 5. The van der Waals surface area contributed by atoms with Crippen LogP contribution in [0, 0.1) is 0 Å². The highest BCUT2D eigenvalue weighted by molar-refractivity contribution is 5.65. The molecule has 4 heterocycles. The molecule has 2 atom stereocenters. The fourth-order valence-corrected chi connectivity index (χ4v) is 2.69. The van der Waals surface area contributed by atoms with E-state index < -0.39 is 19.1 Å². The normalized spacial score (nSPS) is 20.7. The van der Waals surface area contributed by atoms with Crippen molar-refractivity contribution in [3.8, 4) is 17.1 Å². The topological polar surface area (TPSA) is 102 Å². The Morgan fingerprint density at radius 3 is 3.12 bits per heavy atom. The van der Waals surface area contributed by atoms with Crippen LogP contribution in [0.3, 0.4) is 0 Å². The summed E-state index contributed by atoms with van der Waals surface area (Å²) in [4.78, 5) is 8.50. The van der Waals surface area contributed by atoms with Crippen LogP contribution in [-0.2, 0) is 4.74 Å². The van der Waals surface area contributed by atoms with Gasteiger partial charge in [0.15, 0.2) is 5.65 Å². The molecule has 3 aromatic heterocycles. The summed E-state index contributed by atoms with van der Waals surface area (Å²) in [6.45, 7) is -0.553. The summed E-state index contributed by atoms with van der Waals surface area (Å²) in [5, 5.41) is 13.7. The molecule has 25 heavy (non-hydrogen) atoms. The van der Waals surface area contributed by atoms with Crippen LogP contribution in [0.15, 0.2) is 18.6 Å². The van der Waals surface area contributed by atoms with Crippen molar-refractivity contribution in [1.82, 2.24) is 29.8 Å². The largest absolute Gasteiger partial charge is 0.444 e. The molecule has 0 aliphatic carbocycles. The summed E-state index contributed by atoms with van der Waals surface area (Å²) in [5.41, 5.74) is 1.33. The van der Waals surface area contributed by atoms with Gasteiger partial charge in [0.2, 0.25) is 18.7 Å². The van der Waals surface area contributed by atoms with Crippen LogP contribution in [0.2, 0.25) is 0 Å². The first-order valence-electron chi connectivity index (χ1n) is 7.68. The van der Waals surface area contributed by atoms with E-state index in [0.717, 1.165) is 0 Å². The molecule has 3 aromatic rings. The van der Waals surface area contributed by atoms with Crippen LogP contribution in [0.25, 0.3) is 16.9 Å². The predicted octanol–water partition coefficient (Wildman–Crippen LogP) is 1.36. The molecule has 0 bridgehead atoms. The van der Waals surface area contributed by atoms with Gasteiger partial charge < -0.3 is 14.8 Å². The van der Waals surface area contributed by atoms with Crippen LogP contribution in [0.5, 0.6) is 5.88 Å². The van der Waals surface area contributed by atoms with E-state index in [1.54, 1.807) is 6.20 Å². The minimum atomic E-state index is -1.15. The maximum atomic E-state index is 13.9. The molecule has 132 valence electrons. The van der Waals surface area contributed by atoms with Gasteiger partial charge in [0.1, 0.15) is 11.9 Å². The number of aromatic amines is 1. The lowest BCUT2D eigenvalue weighted by Crippen LogP contribution is -2.39. The SMILES string of the molecule is FCOc1c(-c2cn[nH]c2)ncc2nc(N[C@H]3CCOC[C@H]3F)nn12. The van der Waals surface area contributed by atoms with Gasteiger partial charge in [-0.15, -0.1) is 5.10 Å². The lowest BCUT2D eigenvalue weighted by molar-refractivity contribution is 0.0284. The van der Waals surface area contributed by atoms with Gasteiger partial charge in [-0.3, -0.25) is 5.10 Å². The minimum absolute atomic E-state index is 0.0352. The second kappa shape index (κ2) is 6.59. The monoisotopic (exact) mass is 351 g/mol. The first kappa shape index (κ1) is 15.7. The zero-order valence-corrected chi connectivity index (χ0v) is 13.0. The number of aromatic nitrogens is 6. The molecule has 4 rings (SSSR count). The highest BCUT2D eigenvalue weighted by Crippen LogP contribution is 2.28. The Balaban J connectivity index is 1.71. The molecule has 11 heteroatoms. The molecule has 1 aliphatic heterocycles. The average Bonchev–Trinajstić information content (AvgIpc) is 3.27. The summed E-state index contributed by atoms with van der Waals surface area (Å²) in [5.74, 6) is 0.301. The summed E-state index contributed by atoms with van der Waals surface area (Å²) < 4.78 is 38.2. The third kappa shape index (κ3) is 2.97. The summed E-state index contributed by atoms with van der Waals surface area (Å²) in [6.07, 6.45) is 3.96. The van der Waals surface area contributed by atoms with Crippen molar-refractivity contribution < 1.29 is 18.3 Å². The number of hydrogen-bond donors (Lipinski definition) is 2. The van der Waals surface area contributed by atoms with Crippen LogP contribution in [-0.4, -0.2) is 62.1 Å². The number of nitrogens with zero attached hydrogens (tertiary/aromatic N) is 5. The van der Waals surface area contributed by atoms with Crippen LogP contribution in [0.4, 0.5) is 14.7 Å². The Morgan fingerprint density at radius 1 is 1.44 bits per heavy atom. The Morgan fingerprint density at radius 2 is 2.36 bits per heavy atom. The molecule has 0 saturated carbocycles. The van der Waals surface area contributed by atoms with Gasteiger partial charge in [-0.05, 0) is 6.42 Å². The van der Waals surface area contributed by atoms with Crippen molar-refractivity contribution in [2.24, 2.45) is 0 Å². The maximum absolute atomic E-state index is 13.9. The van der Waals surface area contributed by atoms with Crippen molar-refractivity contribution in [3.63, 3.8) is 0 Å². The summed E-state index contributed by atoms with van der Waals surface area (Å²) in [6, 6.07) is -0.446. The summed E-state index contributed by atoms with van der Waals surface area (Å²) in [7, 11) is 0. The number of H-pyrrole nitrogens is 1. The van der Waals surface area contributed by atoms with Gasteiger partial charge in [-0.2, -0.15) is 14.6 Å². The molecule has 9 nitrogen and oxygen atoms in total. The van der Waals surface area contributed by atoms with Crippen LogP contribution >= 0.6 is 0 Å². The van der Waals surface area contributed by atoms with E-state index in [1.807, 2.05) is 0 Å². The number of ether oxygens (including phenoxy) is 2. The molecule has 1 aliphatic rings. The fourth-order valence-electron chi connectivity index (χ4n) is 2.69. The number of anilines is 1. The Hall–Kier alpha value is -2.82. The van der Waals surface area contributed by atoms with E-state index in [0.29, 0.717) is 29.9 Å². The number of alkyl halides is 2. The first-order valence-corrected chi connectivity index (χ1v) is 7.68. The lowest BCUT2D eigenvalue weighted by atomic mass is 10.1. The molecule has 1 fully saturated rings. The molecule has 0 amide bonds. The van der Waals surface area contributed by atoms with Gasteiger partial charge in [-0.1, -0.05) is 0 Å². The number of hydrogen-bond acceptors (Lipinski definition) is 7. The van der Waals surface area contributed by atoms with E-state index >= 15 is 0 Å². The zero-order chi connectivity index (χ0) is 17.2. The molecule has 1 saturated heterocycles. The fraction of sp³-hybridized carbons (Fsp3) is 0.429. The third-order valence-electron chi connectivity index (χ3n) is 3.90. The smallest absolute Gasteiger partial charge is 0.246 e. The van der Waals surface area contributed by atoms with Gasteiger partial charge in [0.05, 0.1) is 25.0 Å². The van der Waals surface area contributed by atoms with Crippen LogP contribution < -0.4 is 10.1 Å². The van der Waals surface area contributed by atoms with E-state index in [4.69, 9.17) is 9.47 Å².